The molecule has 26 heavy (non-hydrogen) atoms. The predicted octanol–water partition coefficient (Wildman–Crippen LogP) is 4.55. The number of aliphatic hydroxyl groups is 1. The van der Waals surface area contributed by atoms with Gasteiger partial charge in [0.2, 0.25) is 6.29 Å². The van der Waals surface area contributed by atoms with Gasteiger partial charge in [-0.15, -0.1) is 0 Å². The number of cyclic esters (lactones) is 1. The maximum absolute atomic E-state index is 14.9. The van der Waals surface area contributed by atoms with Gasteiger partial charge in [-0.25, -0.2) is 9.18 Å². The lowest BCUT2D eigenvalue weighted by Crippen LogP contribution is -2.65. The van der Waals surface area contributed by atoms with Gasteiger partial charge in [-0.1, -0.05) is 53.1 Å². The Labute approximate surface area is 163 Å². The lowest BCUT2D eigenvalue weighted by Gasteiger charge is -2.48. The fourth-order valence-corrected chi connectivity index (χ4v) is 4.63. The average molecular weight is 429 g/mol. The molecule has 9 heteroatoms. The van der Waals surface area contributed by atoms with Gasteiger partial charge in [0.25, 0.3) is 0 Å². The van der Waals surface area contributed by atoms with Crippen molar-refractivity contribution in [2.24, 2.45) is 0 Å². The maximum atomic E-state index is 14.9. The van der Waals surface area contributed by atoms with Gasteiger partial charge in [-0.3, -0.25) is 0 Å². The molecule has 4 atom stereocenters. The molecule has 5 nitrogen and oxygen atoms in total. The van der Waals surface area contributed by atoms with E-state index in [1.807, 2.05) is 67.7 Å². The Bertz CT molecular complexity index is 540. The molecular weight excluding hydrogens is 395 g/mol. The summed E-state index contributed by atoms with van der Waals surface area (Å²) in [4.78, 5) is 12.2. The van der Waals surface area contributed by atoms with Gasteiger partial charge in [0, 0.05) is 0 Å². The van der Waals surface area contributed by atoms with E-state index in [2.05, 4.69) is 0 Å². The van der Waals surface area contributed by atoms with Crippen LogP contribution in [0, 0.1) is 0 Å². The van der Waals surface area contributed by atoms with Gasteiger partial charge in [0.1, 0.15) is 12.2 Å². The number of ether oxygens (including phenoxy) is 1. The molecule has 1 N–H and O–H groups in total. The Morgan fingerprint density at radius 3 is 1.81 bits per heavy atom. The molecule has 0 aromatic carbocycles. The first-order valence-electron chi connectivity index (χ1n) is 8.87. The summed E-state index contributed by atoms with van der Waals surface area (Å²) in [5.41, 5.74) is 0. The average Bonchev–Trinajstić information content (AvgIpc) is 2.38. The Morgan fingerprint density at radius 1 is 1.04 bits per heavy atom. The molecular formula is C17H34ClFO5Si2. The normalized spacial score (nSPS) is 31.7. The number of aliphatic hydroxyl groups excluding tert-OH is 1. The summed E-state index contributed by atoms with van der Waals surface area (Å²) in [6.07, 6.45) is -4.37. The van der Waals surface area contributed by atoms with Crippen molar-refractivity contribution in [1.82, 2.24) is 0 Å². The second kappa shape index (κ2) is 7.11. The predicted molar refractivity (Wildman–Crippen MR) is 106 cm³/mol. The first-order valence-corrected chi connectivity index (χ1v) is 15.1. The highest BCUT2D eigenvalue weighted by molar-refractivity contribution is 6.74. The van der Waals surface area contributed by atoms with E-state index in [-0.39, 0.29) is 10.1 Å². The van der Waals surface area contributed by atoms with Crippen LogP contribution in [0.3, 0.4) is 0 Å². The molecule has 0 aromatic rings. The fraction of sp³-hybridized carbons (Fsp3) is 0.941. The third-order valence-electron chi connectivity index (χ3n) is 5.89. The van der Waals surface area contributed by atoms with Crippen molar-refractivity contribution in [1.29, 1.82) is 0 Å². The van der Waals surface area contributed by atoms with E-state index in [0.717, 1.165) is 0 Å². The van der Waals surface area contributed by atoms with E-state index < -0.39 is 46.2 Å². The van der Waals surface area contributed by atoms with Crippen molar-refractivity contribution in [3.8, 4) is 0 Å². The third kappa shape index (κ3) is 4.70. The lowest BCUT2D eigenvalue weighted by atomic mass is 10.1. The van der Waals surface area contributed by atoms with Crippen LogP contribution in [0.25, 0.3) is 0 Å². The summed E-state index contributed by atoms with van der Waals surface area (Å²) >= 11 is 5.82. The number of hydrogen-bond donors (Lipinski definition) is 1. The van der Waals surface area contributed by atoms with Crippen LogP contribution in [0.5, 0.6) is 0 Å². The molecule has 1 aliphatic heterocycles. The van der Waals surface area contributed by atoms with Crippen LogP contribution < -0.4 is 0 Å². The van der Waals surface area contributed by atoms with Crippen LogP contribution in [0.15, 0.2) is 0 Å². The molecule has 0 aromatic heterocycles. The summed E-state index contributed by atoms with van der Waals surface area (Å²) < 4.78 is 31.9. The van der Waals surface area contributed by atoms with E-state index in [1.165, 1.54) is 0 Å². The lowest BCUT2D eigenvalue weighted by molar-refractivity contribution is -0.233. The number of halogens is 2. The zero-order valence-corrected chi connectivity index (χ0v) is 20.3. The third-order valence-corrected chi connectivity index (χ3v) is 15.1. The molecule has 0 amide bonds. The summed E-state index contributed by atoms with van der Waals surface area (Å²) in [6.45, 7) is 19.7. The van der Waals surface area contributed by atoms with Crippen molar-refractivity contribution in [2.45, 2.75) is 101 Å². The maximum Gasteiger partial charge on any atom is 0.365 e. The minimum atomic E-state index is -2.96. The highest BCUT2D eigenvalue weighted by Crippen LogP contribution is 2.44. The molecule has 0 radical (unpaired) electrons. The number of carbonyl (C=O) groups excluding carboxylic acids is 1. The fourth-order valence-electron chi connectivity index (χ4n) is 1.93. The van der Waals surface area contributed by atoms with E-state index in [0.29, 0.717) is 0 Å². The van der Waals surface area contributed by atoms with Crippen LogP contribution in [-0.4, -0.2) is 51.3 Å². The van der Waals surface area contributed by atoms with E-state index >= 15 is 0 Å². The molecule has 0 aliphatic carbocycles. The molecule has 154 valence electrons. The second-order valence-electron chi connectivity index (χ2n) is 10.1. The standard InChI is InChI=1S/C17H34ClFO5Si2/c1-15(2,3)25(7,8)23-12-11(20)13(22-14(21)17(12,18)19)24-26(9,10)16(4,5)6/h11-13,20H,1-10H3/t11-,12+,13?,17-/m0/s1. The molecule has 1 saturated heterocycles. The van der Waals surface area contributed by atoms with Gasteiger partial charge < -0.3 is 18.7 Å². The quantitative estimate of drug-likeness (QED) is 0.404. The highest BCUT2D eigenvalue weighted by Gasteiger charge is 2.61. The number of carbonyl (C=O) groups is 1. The minimum Gasteiger partial charge on any atom is -0.430 e. The van der Waals surface area contributed by atoms with Crippen molar-refractivity contribution in [3.63, 3.8) is 0 Å². The molecule has 1 rings (SSSR count). The molecule has 0 bridgehead atoms. The van der Waals surface area contributed by atoms with Gasteiger partial charge in [0.05, 0.1) is 0 Å². The minimum absolute atomic E-state index is 0.180. The van der Waals surface area contributed by atoms with Crippen molar-refractivity contribution < 1.29 is 27.9 Å². The van der Waals surface area contributed by atoms with E-state index in [9.17, 15) is 14.3 Å². The Morgan fingerprint density at radius 2 is 1.42 bits per heavy atom. The molecule has 1 aliphatic rings. The first kappa shape index (κ1) is 24.0. The summed E-state index contributed by atoms with van der Waals surface area (Å²) in [7, 11) is -4.90. The molecule has 0 saturated carbocycles. The molecule has 1 unspecified atom stereocenters. The number of alkyl halides is 2. The van der Waals surface area contributed by atoms with Crippen molar-refractivity contribution >= 4 is 34.2 Å². The Hall–Kier alpha value is 0.00377. The van der Waals surface area contributed by atoms with E-state index in [4.69, 9.17) is 25.2 Å². The zero-order valence-electron chi connectivity index (χ0n) is 17.6. The topological polar surface area (TPSA) is 65.0 Å². The monoisotopic (exact) mass is 428 g/mol. The summed E-state index contributed by atoms with van der Waals surface area (Å²) in [5, 5.41) is 7.34. The smallest absolute Gasteiger partial charge is 0.365 e. The van der Waals surface area contributed by atoms with Crippen molar-refractivity contribution in [3.05, 3.63) is 0 Å². The number of esters is 1. The van der Waals surface area contributed by atoms with Crippen LogP contribution in [0.4, 0.5) is 4.39 Å². The second-order valence-corrected chi connectivity index (χ2v) is 20.1. The SMILES string of the molecule is CC(C)(C)[Si](C)(C)OC1OC(=O)[C@](F)(Cl)[C@H](O[Si](C)(C)C(C)(C)C)[C@@H]1O. The van der Waals surface area contributed by atoms with Crippen molar-refractivity contribution in [2.75, 3.05) is 0 Å². The van der Waals surface area contributed by atoms with Crippen LogP contribution in [-0.2, 0) is 18.4 Å². The zero-order chi connectivity index (χ0) is 20.9. The van der Waals surface area contributed by atoms with Crippen LogP contribution >= 0.6 is 11.6 Å². The first-order chi connectivity index (χ1) is 11.2. The highest BCUT2D eigenvalue weighted by atomic mass is 35.5. The summed E-state index contributed by atoms with van der Waals surface area (Å²) in [6, 6.07) is 0. The number of hydrogen-bond acceptors (Lipinski definition) is 5. The van der Waals surface area contributed by atoms with Crippen LogP contribution in [0.2, 0.25) is 36.3 Å². The number of rotatable bonds is 4. The summed E-state index contributed by atoms with van der Waals surface area (Å²) in [5.74, 6) is -1.28. The Balaban J connectivity index is 3.18. The molecule has 0 spiro atoms. The van der Waals surface area contributed by atoms with Gasteiger partial charge >= 0.3 is 11.1 Å². The molecule has 1 heterocycles. The van der Waals surface area contributed by atoms with Gasteiger partial charge in [-0.05, 0) is 36.3 Å². The van der Waals surface area contributed by atoms with Gasteiger partial charge in [0.15, 0.2) is 16.6 Å². The Kier molecular flexibility index (Phi) is 6.58. The van der Waals surface area contributed by atoms with E-state index in [1.54, 1.807) is 0 Å². The molecule has 1 fully saturated rings. The largest absolute Gasteiger partial charge is 0.430 e. The van der Waals surface area contributed by atoms with Gasteiger partial charge in [-0.2, -0.15) is 0 Å². The van der Waals surface area contributed by atoms with Crippen LogP contribution in [0.1, 0.15) is 41.5 Å².